The highest BCUT2D eigenvalue weighted by molar-refractivity contribution is 5.96. The van der Waals surface area contributed by atoms with E-state index in [1.807, 2.05) is 114 Å². The lowest BCUT2D eigenvalue weighted by Crippen LogP contribution is -2.66. The Morgan fingerprint density at radius 3 is 2.13 bits per heavy atom. The van der Waals surface area contributed by atoms with Gasteiger partial charge in [0.2, 0.25) is 11.8 Å². The van der Waals surface area contributed by atoms with Crippen molar-refractivity contribution in [2.45, 2.75) is 44.6 Å². The Balaban J connectivity index is 1.13. The Kier molecular flexibility index (Phi) is 11.3. The first-order valence-electron chi connectivity index (χ1n) is 18.6. The number of Topliss-reactive ketones (excluding diaryl/α,β-unsaturated/α-hetero) is 1. The number of hydrogen-bond donors (Lipinski definition) is 1. The molecule has 2 fully saturated rings. The summed E-state index contributed by atoms with van der Waals surface area (Å²) in [5, 5.41) is 8.43. The number of piperazine rings is 1. The molecule has 0 aliphatic carbocycles. The molecule has 5 aromatic rings. The SMILES string of the molecule is C=CCN(C(=O)NCc1ccccc1)N1CC(=O)N2[C@@H](Cc3ccc(CC(=O)C(=C)Cc4ccccc4)cc3)C(=O)N(Cc3cccc4ccccc34)C[C@@H]21. The van der Waals surface area contributed by atoms with Gasteiger partial charge in [-0.3, -0.25) is 19.4 Å². The number of ketones is 1. The minimum atomic E-state index is -0.803. The van der Waals surface area contributed by atoms with Gasteiger partial charge in [0.1, 0.15) is 12.2 Å². The van der Waals surface area contributed by atoms with E-state index in [0.29, 0.717) is 25.1 Å². The number of hydrazine groups is 1. The van der Waals surface area contributed by atoms with E-state index < -0.39 is 12.2 Å². The maximum atomic E-state index is 14.5. The second-order valence-corrected chi connectivity index (χ2v) is 14.2. The maximum Gasteiger partial charge on any atom is 0.332 e. The van der Waals surface area contributed by atoms with Gasteiger partial charge in [-0.15, -0.1) is 6.58 Å². The summed E-state index contributed by atoms with van der Waals surface area (Å²) in [6.45, 7) is 8.94. The van der Waals surface area contributed by atoms with E-state index in [1.165, 1.54) is 5.01 Å². The van der Waals surface area contributed by atoms with E-state index in [2.05, 4.69) is 36.7 Å². The van der Waals surface area contributed by atoms with Crippen LogP contribution in [0, 0.1) is 0 Å². The summed E-state index contributed by atoms with van der Waals surface area (Å²) in [5.74, 6) is -0.400. The molecule has 9 heteroatoms. The van der Waals surface area contributed by atoms with Crippen molar-refractivity contribution in [3.8, 4) is 0 Å². The van der Waals surface area contributed by atoms with Crippen LogP contribution in [0.4, 0.5) is 4.79 Å². The highest BCUT2D eigenvalue weighted by Crippen LogP contribution is 2.31. The zero-order chi connectivity index (χ0) is 38.3. The minimum absolute atomic E-state index is 0.0226. The molecular weight excluding hydrogens is 687 g/mol. The van der Waals surface area contributed by atoms with E-state index >= 15 is 0 Å². The molecule has 4 amide bonds. The van der Waals surface area contributed by atoms with Crippen LogP contribution in [0.25, 0.3) is 10.8 Å². The molecular formula is C46H45N5O4. The Bertz CT molecular complexity index is 2200. The Morgan fingerprint density at radius 1 is 0.764 bits per heavy atom. The average Bonchev–Trinajstić information content (AvgIpc) is 3.53. The lowest BCUT2D eigenvalue weighted by molar-refractivity contribution is -0.157. The number of nitrogens with zero attached hydrogens (tertiary/aromatic N) is 4. The number of carbonyl (C=O) groups excluding carboxylic acids is 4. The lowest BCUT2D eigenvalue weighted by atomic mass is 9.96. The van der Waals surface area contributed by atoms with Crippen molar-refractivity contribution in [2.75, 3.05) is 19.6 Å². The number of fused-ring (bicyclic) bond motifs is 2. The summed E-state index contributed by atoms with van der Waals surface area (Å²) in [6.07, 6.45) is 2.05. The normalized spacial score (nSPS) is 16.9. The minimum Gasteiger partial charge on any atom is -0.333 e. The second-order valence-electron chi connectivity index (χ2n) is 14.2. The zero-order valence-electron chi connectivity index (χ0n) is 30.8. The number of nitrogens with one attached hydrogen (secondary N) is 1. The van der Waals surface area contributed by atoms with Gasteiger partial charge in [0.05, 0.1) is 19.6 Å². The van der Waals surface area contributed by atoms with Gasteiger partial charge in [0.15, 0.2) is 5.78 Å². The van der Waals surface area contributed by atoms with Crippen LogP contribution in [-0.4, -0.2) is 75.3 Å². The molecule has 0 spiro atoms. The molecule has 2 aliphatic heterocycles. The third-order valence-electron chi connectivity index (χ3n) is 10.4. The molecule has 7 rings (SSSR count). The van der Waals surface area contributed by atoms with Gasteiger partial charge in [-0.2, -0.15) is 5.01 Å². The molecule has 2 aliphatic rings. The van der Waals surface area contributed by atoms with Crippen LogP contribution >= 0.6 is 0 Å². The fourth-order valence-corrected chi connectivity index (χ4v) is 7.59. The number of benzene rings is 5. The molecule has 1 N–H and O–H groups in total. The number of carbonyl (C=O) groups is 4. The van der Waals surface area contributed by atoms with Crippen molar-refractivity contribution >= 4 is 34.4 Å². The third-order valence-corrected chi connectivity index (χ3v) is 10.4. The number of urea groups is 1. The topological polar surface area (TPSA) is 93.3 Å². The van der Waals surface area contributed by atoms with Gasteiger partial charge in [-0.25, -0.2) is 4.79 Å². The van der Waals surface area contributed by atoms with Crippen molar-refractivity contribution in [3.05, 3.63) is 180 Å². The highest BCUT2D eigenvalue weighted by Gasteiger charge is 2.52. The molecule has 5 aromatic carbocycles. The van der Waals surface area contributed by atoms with Crippen LogP contribution in [0.3, 0.4) is 0 Å². The Hall–Kier alpha value is -6.32. The maximum absolute atomic E-state index is 14.5. The summed E-state index contributed by atoms with van der Waals surface area (Å²) < 4.78 is 0. The van der Waals surface area contributed by atoms with Gasteiger partial charge in [0, 0.05) is 32.4 Å². The fourth-order valence-electron chi connectivity index (χ4n) is 7.59. The highest BCUT2D eigenvalue weighted by atomic mass is 16.2. The summed E-state index contributed by atoms with van der Waals surface area (Å²) >= 11 is 0. The van der Waals surface area contributed by atoms with Gasteiger partial charge in [0.25, 0.3) is 0 Å². The van der Waals surface area contributed by atoms with Crippen LogP contribution in [0.5, 0.6) is 0 Å². The summed E-state index contributed by atoms with van der Waals surface area (Å²) in [6, 6.07) is 40.1. The molecule has 2 heterocycles. The van der Waals surface area contributed by atoms with Crippen molar-refractivity contribution in [3.63, 3.8) is 0 Å². The van der Waals surface area contributed by atoms with Crippen LogP contribution < -0.4 is 5.32 Å². The monoisotopic (exact) mass is 731 g/mol. The number of amides is 4. The second kappa shape index (κ2) is 16.8. The van der Waals surface area contributed by atoms with Gasteiger partial charge in [-0.05, 0) is 44.2 Å². The average molecular weight is 732 g/mol. The number of rotatable bonds is 14. The molecule has 55 heavy (non-hydrogen) atoms. The molecule has 0 aromatic heterocycles. The standard InChI is InChI=1S/C46H45N5O4/c1-3-25-49(46(55)47-29-37-15-8-5-9-16-37)50-32-44(53)51-41(45(54)48(31-43(50)51)30-39-19-12-18-38-17-10-11-20-40(38)39)27-35-21-23-36(24-22-35)28-42(52)33(2)26-34-13-6-4-7-14-34/h3-24,41,43H,1-2,25-32H2,(H,47,55)/t41-,43+/m0/s1. The largest absolute Gasteiger partial charge is 0.333 e. The Morgan fingerprint density at radius 2 is 1.40 bits per heavy atom. The van der Waals surface area contributed by atoms with E-state index in [1.54, 1.807) is 16.0 Å². The lowest BCUT2D eigenvalue weighted by Gasteiger charge is -2.46. The van der Waals surface area contributed by atoms with E-state index in [4.69, 9.17) is 0 Å². The van der Waals surface area contributed by atoms with Crippen LogP contribution in [0.15, 0.2) is 152 Å². The van der Waals surface area contributed by atoms with Crippen LogP contribution in [0.2, 0.25) is 0 Å². The number of hydrogen-bond acceptors (Lipinski definition) is 5. The summed E-state index contributed by atoms with van der Waals surface area (Å²) in [7, 11) is 0. The van der Waals surface area contributed by atoms with Crippen LogP contribution in [0.1, 0.15) is 27.8 Å². The van der Waals surface area contributed by atoms with Crippen molar-refractivity contribution < 1.29 is 19.2 Å². The van der Waals surface area contributed by atoms with E-state index in [0.717, 1.165) is 38.6 Å². The molecule has 2 saturated heterocycles. The molecule has 2 atom stereocenters. The molecule has 0 bridgehead atoms. The van der Waals surface area contributed by atoms with Crippen molar-refractivity contribution in [2.24, 2.45) is 0 Å². The first-order chi connectivity index (χ1) is 26.8. The van der Waals surface area contributed by atoms with Gasteiger partial charge < -0.3 is 15.1 Å². The van der Waals surface area contributed by atoms with Crippen LogP contribution in [-0.2, 0) is 46.7 Å². The predicted octanol–water partition coefficient (Wildman–Crippen LogP) is 6.49. The zero-order valence-corrected chi connectivity index (χ0v) is 30.8. The smallest absolute Gasteiger partial charge is 0.332 e. The summed E-state index contributed by atoms with van der Waals surface area (Å²) in [5.41, 5.74) is 5.25. The Labute approximate surface area is 322 Å². The molecule has 0 unspecified atom stereocenters. The van der Waals surface area contributed by atoms with E-state index in [9.17, 15) is 19.2 Å². The van der Waals surface area contributed by atoms with E-state index in [-0.39, 0.29) is 56.1 Å². The molecule has 0 radical (unpaired) electrons. The van der Waals surface area contributed by atoms with Crippen molar-refractivity contribution in [1.29, 1.82) is 0 Å². The fraction of sp³-hybridized carbons (Fsp3) is 0.217. The van der Waals surface area contributed by atoms with Crippen molar-refractivity contribution in [1.82, 2.24) is 25.1 Å². The predicted molar refractivity (Wildman–Crippen MR) is 214 cm³/mol. The molecule has 9 nitrogen and oxygen atoms in total. The first kappa shape index (κ1) is 37.0. The molecule has 0 saturated carbocycles. The quantitative estimate of drug-likeness (QED) is 0.104. The third kappa shape index (κ3) is 8.42. The molecule has 278 valence electrons. The first-order valence-corrected chi connectivity index (χ1v) is 18.6. The van der Waals surface area contributed by atoms with Gasteiger partial charge >= 0.3 is 6.03 Å². The summed E-state index contributed by atoms with van der Waals surface area (Å²) in [4.78, 5) is 58.8. The van der Waals surface area contributed by atoms with Gasteiger partial charge in [-0.1, -0.05) is 140 Å². The number of allylic oxidation sites excluding steroid dienone is 1.